The predicted molar refractivity (Wildman–Crippen MR) is 43.1 cm³/mol. The van der Waals surface area contributed by atoms with Crippen LogP contribution in [0.15, 0.2) is 12.3 Å². The van der Waals surface area contributed by atoms with Crippen LogP contribution in [0.4, 0.5) is 9.28 Å². The van der Waals surface area contributed by atoms with Gasteiger partial charge in [-0.25, -0.2) is 4.79 Å². The molecule has 1 amide bonds. The maximum atomic E-state index is 12.9. The molecular weight excluding hydrogens is 175 g/mol. The molecule has 1 fully saturated rings. The van der Waals surface area contributed by atoms with Crippen molar-refractivity contribution in [1.82, 2.24) is 10.2 Å². The lowest BCUT2D eigenvalue weighted by Crippen LogP contribution is -2.41. The molecule has 2 rings (SSSR count). The van der Waals surface area contributed by atoms with Gasteiger partial charge in [0.25, 0.3) is 0 Å². The molecule has 1 unspecified atom stereocenters. The number of hydrogen-bond donors (Lipinski definition) is 1. The Morgan fingerprint density at radius 1 is 1.62 bits per heavy atom. The summed E-state index contributed by atoms with van der Waals surface area (Å²) in [6.07, 6.45) is 4.53. The van der Waals surface area contributed by atoms with Gasteiger partial charge in [-0.05, 0) is 18.4 Å². The standard InChI is InChI=1S/C8H11FN2O2/c9-10-4-3-7(5-6-1-2-6)11(10)8(12)13/h3-4,6-7H,1-2,5H2,(H,12,13). The summed E-state index contributed by atoms with van der Waals surface area (Å²) < 4.78 is 12.9. The molecule has 72 valence electrons. The number of nitrogens with zero attached hydrogens (tertiary/aromatic N) is 2. The van der Waals surface area contributed by atoms with Gasteiger partial charge in [-0.3, -0.25) is 0 Å². The molecule has 1 heterocycles. The summed E-state index contributed by atoms with van der Waals surface area (Å²) in [4.78, 5) is 10.6. The van der Waals surface area contributed by atoms with Crippen LogP contribution >= 0.6 is 0 Å². The van der Waals surface area contributed by atoms with Gasteiger partial charge >= 0.3 is 6.09 Å². The third-order valence-corrected chi connectivity index (χ3v) is 2.42. The van der Waals surface area contributed by atoms with Gasteiger partial charge in [-0.15, -0.1) is 5.23 Å². The Morgan fingerprint density at radius 2 is 2.31 bits per heavy atom. The van der Waals surface area contributed by atoms with E-state index in [9.17, 15) is 9.28 Å². The van der Waals surface area contributed by atoms with Crippen LogP contribution in [0.3, 0.4) is 0 Å². The fraction of sp³-hybridized carbons (Fsp3) is 0.625. The van der Waals surface area contributed by atoms with Crippen LogP contribution in [-0.2, 0) is 0 Å². The summed E-state index contributed by atoms with van der Waals surface area (Å²) in [7, 11) is 0. The molecule has 4 nitrogen and oxygen atoms in total. The number of halogens is 1. The topological polar surface area (TPSA) is 43.8 Å². The molecule has 0 bridgehead atoms. The van der Waals surface area contributed by atoms with Crippen molar-refractivity contribution in [3.05, 3.63) is 12.3 Å². The zero-order chi connectivity index (χ0) is 9.42. The second-order valence-electron chi connectivity index (χ2n) is 3.50. The molecular formula is C8H11FN2O2. The zero-order valence-corrected chi connectivity index (χ0v) is 7.06. The van der Waals surface area contributed by atoms with Crippen molar-refractivity contribution >= 4 is 6.09 Å². The molecule has 0 aromatic carbocycles. The molecule has 13 heavy (non-hydrogen) atoms. The summed E-state index contributed by atoms with van der Waals surface area (Å²) >= 11 is 0. The monoisotopic (exact) mass is 186 g/mol. The Labute approximate surface area is 75.1 Å². The molecule has 0 spiro atoms. The first-order chi connectivity index (χ1) is 6.18. The zero-order valence-electron chi connectivity index (χ0n) is 7.06. The van der Waals surface area contributed by atoms with Crippen molar-refractivity contribution < 1.29 is 14.4 Å². The molecule has 0 aromatic rings. The van der Waals surface area contributed by atoms with E-state index < -0.39 is 6.09 Å². The first kappa shape index (κ1) is 8.34. The van der Waals surface area contributed by atoms with E-state index in [1.54, 1.807) is 6.08 Å². The number of hydrogen-bond acceptors (Lipinski definition) is 2. The van der Waals surface area contributed by atoms with Crippen molar-refractivity contribution in [2.75, 3.05) is 0 Å². The third-order valence-electron chi connectivity index (χ3n) is 2.42. The molecule has 1 saturated carbocycles. The van der Waals surface area contributed by atoms with E-state index in [0.717, 1.165) is 30.5 Å². The first-order valence-electron chi connectivity index (χ1n) is 4.34. The van der Waals surface area contributed by atoms with Crippen molar-refractivity contribution in [3.63, 3.8) is 0 Å². The second-order valence-corrected chi connectivity index (χ2v) is 3.50. The van der Waals surface area contributed by atoms with E-state index in [4.69, 9.17) is 5.11 Å². The van der Waals surface area contributed by atoms with E-state index >= 15 is 0 Å². The van der Waals surface area contributed by atoms with Crippen molar-refractivity contribution in [2.24, 2.45) is 5.92 Å². The van der Waals surface area contributed by atoms with Gasteiger partial charge in [0.05, 0.1) is 12.2 Å². The van der Waals surface area contributed by atoms with E-state index in [1.807, 2.05) is 0 Å². The van der Waals surface area contributed by atoms with Gasteiger partial charge < -0.3 is 5.11 Å². The Kier molecular flexibility index (Phi) is 1.86. The highest BCUT2D eigenvalue weighted by molar-refractivity contribution is 5.65. The van der Waals surface area contributed by atoms with Gasteiger partial charge in [0, 0.05) is 0 Å². The maximum absolute atomic E-state index is 12.9. The van der Waals surface area contributed by atoms with E-state index in [0.29, 0.717) is 5.92 Å². The van der Waals surface area contributed by atoms with Gasteiger partial charge in [0.1, 0.15) is 0 Å². The Balaban J connectivity index is 1.99. The fourth-order valence-corrected chi connectivity index (χ4v) is 1.56. The van der Waals surface area contributed by atoms with Gasteiger partial charge in [-0.2, -0.15) is 5.01 Å². The summed E-state index contributed by atoms with van der Waals surface area (Å²) in [6, 6.07) is -0.310. The SMILES string of the molecule is O=C(O)N1C(CC2CC2)C=CN1F. The quantitative estimate of drug-likeness (QED) is 0.668. The highest BCUT2D eigenvalue weighted by Gasteiger charge is 2.35. The molecule has 5 heteroatoms. The lowest BCUT2D eigenvalue weighted by Gasteiger charge is -2.23. The van der Waals surface area contributed by atoms with Crippen LogP contribution in [0.1, 0.15) is 19.3 Å². The maximum Gasteiger partial charge on any atom is 0.429 e. The summed E-state index contributed by atoms with van der Waals surface area (Å²) in [6.45, 7) is 0. The molecule has 1 aliphatic heterocycles. The van der Waals surface area contributed by atoms with Crippen LogP contribution in [0, 0.1) is 5.92 Å². The minimum atomic E-state index is -1.24. The van der Waals surface area contributed by atoms with Crippen LogP contribution in [0.2, 0.25) is 0 Å². The number of rotatable bonds is 2. The molecule has 1 atom stereocenters. The Hall–Kier alpha value is -1.26. The summed E-state index contributed by atoms with van der Waals surface area (Å²) in [5.41, 5.74) is 0. The molecule has 1 N–H and O–H groups in total. The lowest BCUT2D eigenvalue weighted by molar-refractivity contribution is -0.106. The molecule has 0 aromatic heterocycles. The minimum absolute atomic E-state index is 0.134. The van der Waals surface area contributed by atoms with Crippen molar-refractivity contribution in [2.45, 2.75) is 25.3 Å². The van der Waals surface area contributed by atoms with Crippen LogP contribution < -0.4 is 0 Å². The molecule has 1 aliphatic carbocycles. The van der Waals surface area contributed by atoms with Gasteiger partial charge in [0.15, 0.2) is 0 Å². The Morgan fingerprint density at radius 3 is 2.85 bits per heavy atom. The largest absolute Gasteiger partial charge is 0.464 e. The second kappa shape index (κ2) is 2.90. The van der Waals surface area contributed by atoms with Crippen LogP contribution in [-0.4, -0.2) is 27.5 Å². The summed E-state index contributed by atoms with van der Waals surface area (Å²) in [5, 5.41) is 9.55. The highest BCUT2D eigenvalue weighted by Crippen LogP contribution is 2.36. The molecule has 0 saturated heterocycles. The number of carbonyl (C=O) groups is 1. The van der Waals surface area contributed by atoms with E-state index in [-0.39, 0.29) is 11.3 Å². The normalized spacial score (nSPS) is 27.0. The molecule has 0 radical (unpaired) electrons. The minimum Gasteiger partial charge on any atom is -0.464 e. The van der Waals surface area contributed by atoms with E-state index in [1.165, 1.54) is 0 Å². The Bertz CT molecular complexity index is 253. The predicted octanol–water partition coefficient (Wildman–Crippen LogP) is 1.76. The molecule has 2 aliphatic rings. The average Bonchev–Trinajstić information content (AvgIpc) is 2.76. The number of hydrazine groups is 1. The van der Waals surface area contributed by atoms with Gasteiger partial charge in [0.2, 0.25) is 0 Å². The lowest BCUT2D eigenvalue weighted by atomic mass is 10.1. The van der Waals surface area contributed by atoms with E-state index in [2.05, 4.69) is 0 Å². The third kappa shape index (κ3) is 1.59. The smallest absolute Gasteiger partial charge is 0.429 e. The van der Waals surface area contributed by atoms with Crippen molar-refractivity contribution in [1.29, 1.82) is 0 Å². The van der Waals surface area contributed by atoms with Crippen molar-refractivity contribution in [3.8, 4) is 0 Å². The van der Waals surface area contributed by atoms with Crippen LogP contribution in [0.5, 0.6) is 0 Å². The first-order valence-corrected chi connectivity index (χ1v) is 4.34. The van der Waals surface area contributed by atoms with Gasteiger partial charge in [-0.1, -0.05) is 17.3 Å². The number of amides is 1. The van der Waals surface area contributed by atoms with Crippen LogP contribution in [0.25, 0.3) is 0 Å². The number of carboxylic acid groups (broad SMARTS) is 1. The highest BCUT2D eigenvalue weighted by atomic mass is 19.2. The fourth-order valence-electron chi connectivity index (χ4n) is 1.56. The summed E-state index contributed by atoms with van der Waals surface area (Å²) in [5.74, 6) is 0.586. The average molecular weight is 186 g/mol.